The molecule has 0 fully saturated rings. The zero-order valence-corrected chi connectivity index (χ0v) is 12.1. The van der Waals surface area contributed by atoms with Crippen molar-refractivity contribution in [3.63, 3.8) is 0 Å². The first kappa shape index (κ1) is 16.3. The maximum absolute atomic E-state index is 11.5. The molecule has 5 heteroatoms. The van der Waals surface area contributed by atoms with E-state index in [9.17, 15) is 9.59 Å². The molecule has 17 heavy (non-hydrogen) atoms. The summed E-state index contributed by atoms with van der Waals surface area (Å²) < 4.78 is 5.12. The molecule has 0 aliphatic rings. The number of esters is 1. The van der Waals surface area contributed by atoms with Gasteiger partial charge in [0.05, 0.1) is 6.42 Å². The molecule has 100 valence electrons. The minimum atomic E-state index is -0.486. The van der Waals surface area contributed by atoms with E-state index in [0.717, 1.165) is 5.75 Å². The van der Waals surface area contributed by atoms with Crippen molar-refractivity contribution < 1.29 is 14.3 Å². The summed E-state index contributed by atoms with van der Waals surface area (Å²) in [6.45, 7) is 7.38. The molecule has 0 saturated heterocycles. The SMILES string of the molecule is CSCC(C)NC(=O)CCC(=O)OC(C)(C)C. The van der Waals surface area contributed by atoms with E-state index in [4.69, 9.17) is 4.74 Å². The summed E-state index contributed by atoms with van der Waals surface area (Å²) in [4.78, 5) is 22.8. The molecule has 1 atom stereocenters. The second-order valence-electron chi connectivity index (χ2n) is 5.01. The lowest BCUT2D eigenvalue weighted by atomic mass is 10.2. The minimum Gasteiger partial charge on any atom is -0.460 e. The van der Waals surface area contributed by atoms with Crippen LogP contribution >= 0.6 is 11.8 Å². The molecule has 0 aliphatic heterocycles. The fraction of sp³-hybridized carbons (Fsp3) is 0.833. The van der Waals surface area contributed by atoms with Crippen molar-refractivity contribution in [2.75, 3.05) is 12.0 Å². The van der Waals surface area contributed by atoms with Gasteiger partial charge in [0.2, 0.25) is 5.91 Å². The van der Waals surface area contributed by atoms with Gasteiger partial charge in [0.1, 0.15) is 5.60 Å². The van der Waals surface area contributed by atoms with E-state index in [-0.39, 0.29) is 30.8 Å². The van der Waals surface area contributed by atoms with Crippen molar-refractivity contribution in [1.29, 1.82) is 0 Å². The number of rotatable bonds is 6. The Morgan fingerprint density at radius 1 is 1.29 bits per heavy atom. The number of carbonyl (C=O) groups excluding carboxylic acids is 2. The van der Waals surface area contributed by atoms with Gasteiger partial charge < -0.3 is 10.1 Å². The Bertz CT molecular complexity index is 261. The number of thioether (sulfide) groups is 1. The lowest BCUT2D eigenvalue weighted by Gasteiger charge is -2.19. The molecule has 0 aromatic carbocycles. The third kappa shape index (κ3) is 10.2. The first-order valence-electron chi connectivity index (χ1n) is 5.74. The topological polar surface area (TPSA) is 55.4 Å². The molecule has 4 nitrogen and oxygen atoms in total. The first-order valence-corrected chi connectivity index (χ1v) is 7.14. The summed E-state index contributed by atoms with van der Waals surface area (Å²) in [5, 5.41) is 2.83. The quantitative estimate of drug-likeness (QED) is 0.743. The van der Waals surface area contributed by atoms with Gasteiger partial charge in [0.25, 0.3) is 0 Å². The van der Waals surface area contributed by atoms with E-state index < -0.39 is 5.60 Å². The molecule has 0 heterocycles. The van der Waals surface area contributed by atoms with Crippen LogP contribution in [0.4, 0.5) is 0 Å². The molecule has 0 rings (SSSR count). The van der Waals surface area contributed by atoms with Gasteiger partial charge in [-0.05, 0) is 34.0 Å². The summed E-state index contributed by atoms with van der Waals surface area (Å²) in [7, 11) is 0. The Morgan fingerprint density at radius 3 is 2.35 bits per heavy atom. The summed E-state index contributed by atoms with van der Waals surface area (Å²) in [6.07, 6.45) is 2.31. The van der Waals surface area contributed by atoms with Gasteiger partial charge in [-0.2, -0.15) is 11.8 Å². The highest BCUT2D eigenvalue weighted by molar-refractivity contribution is 7.98. The Labute approximate surface area is 108 Å². The molecule has 0 aromatic rings. The second kappa shape index (κ2) is 7.58. The summed E-state index contributed by atoms with van der Waals surface area (Å²) in [5.74, 6) is 0.445. The number of nitrogens with one attached hydrogen (secondary N) is 1. The molecular weight excluding hydrogens is 238 g/mol. The van der Waals surface area contributed by atoms with Gasteiger partial charge in [-0.25, -0.2) is 0 Å². The zero-order valence-electron chi connectivity index (χ0n) is 11.3. The van der Waals surface area contributed by atoms with Crippen LogP contribution in [-0.2, 0) is 14.3 Å². The van der Waals surface area contributed by atoms with Crippen molar-refractivity contribution in [3.8, 4) is 0 Å². The van der Waals surface area contributed by atoms with Gasteiger partial charge in [-0.15, -0.1) is 0 Å². The van der Waals surface area contributed by atoms with Crippen LogP contribution < -0.4 is 5.32 Å². The van der Waals surface area contributed by atoms with E-state index in [0.29, 0.717) is 0 Å². The van der Waals surface area contributed by atoms with Crippen LogP contribution in [0.25, 0.3) is 0 Å². The van der Waals surface area contributed by atoms with Crippen molar-refractivity contribution in [3.05, 3.63) is 0 Å². The number of ether oxygens (including phenoxy) is 1. The molecule has 0 bridgehead atoms. The predicted molar refractivity (Wildman–Crippen MR) is 71.1 cm³/mol. The van der Waals surface area contributed by atoms with Crippen molar-refractivity contribution in [2.45, 2.75) is 52.2 Å². The van der Waals surface area contributed by atoms with E-state index in [1.54, 1.807) is 11.8 Å². The van der Waals surface area contributed by atoms with E-state index in [1.807, 2.05) is 34.0 Å². The molecule has 1 amide bonds. The Morgan fingerprint density at radius 2 is 1.88 bits per heavy atom. The summed E-state index contributed by atoms with van der Waals surface area (Å²) >= 11 is 1.68. The van der Waals surface area contributed by atoms with Gasteiger partial charge in [-0.1, -0.05) is 0 Å². The third-order valence-corrected chi connectivity index (χ3v) is 2.63. The maximum atomic E-state index is 11.5. The number of carbonyl (C=O) groups is 2. The molecule has 0 aliphatic carbocycles. The van der Waals surface area contributed by atoms with Crippen LogP contribution in [0.15, 0.2) is 0 Å². The van der Waals surface area contributed by atoms with Crippen LogP contribution in [0, 0.1) is 0 Å². The van der Waals surface area contributed by atoms with Crippen LogP contribution in [0.2, 0.25) is 0 Å². The average Bonchev–Trinajstić information content (AvgIpc) is 2.12. The van der Waals surface area contributed by atoms with Gasteiger partial charge in [-0.3, -0.25) is 9.59 Å². The summed E-state index contributed by atoms with van der Waals surface area (Å²) in [6, 6.07) is 0.135. The highest BCUT2D eigenvalue weighted by Crippen LogP contribution is 2.09. The second-order valence-corrected chi connectivity index (χ2v) is 5.92. The highest BCUT2D eigenvalue weighted by Gasteiger charge is 2.17. The monoisotopic (exact) mass is 261 g/mol. The van der Waals surface area contributed by atoms with Gasteiger partial charge in [0, 0.05) is 18.2 Å². The van der Waals surface area contributed by atoms with Crippen molar-refractivity contribution in [2.24, 2.45) is 0 Å². The number of hydrogen-bond acceptors (Lipinski definition) is 4. The molecule has 0 spiro atoms. The third-order valence-electron chi connectivity index (χ3n) is 1.80. The molecule has 0 radical (unpaired) electrons. The standard InChI is InChI=1S/C12H23NO3S/c1-9(8-17-5)13-10(14)6-7-11(15)16-12(2,3)4/h9H,6-8H2,1-5H3,(H,13,14). The largest absolute Gasteiger partial charge is 0.460 e. The molecule has 0 aromatic heterocycles. The van der Waals surface area contributed by atoms with E-state index in [1.165, 1.54) is 0 Å². The van der Waals surface area contributed by atoms with E-state index >= 15 is 0 Å². The molecule has 1 N–H and O–H groups in total. The lowest BCUT2D eigenvalue weighted by Crippen LogP contribution is -2.34. The molecular formula is C12H23NO3S. The smallest absolute Gasteiger partial charge is 0.306 e. The fourth-order valence-electron chi connectivity index (χ4n) is 1.25. The normalized spacial score (nSPS) is 13.0. The molecule has 0 saturated carbocycles. The van der Waals surface area contributed by atoms with Gasteiger partial charge >= 0.3 is 5.97 Å². The van der Waals surface area contributed by atoms with Crippen LogP contribution in [-0.4, -0.2) is 35.5 Å². The highest BCUT2D eigenvalue weighted by atomic mass is 32.2. The van der Waals surface area contributed by atoms with Crippen LogP contribution in [0.1, 0.15) is 40.5 Å². The maximum Gasteiger partial charge on any atom is 0.306 e. The van der Waals surface area contributed by atoms with Crippen LogP contribution in [0.5, 0.6) is 0 Å². The zero-order chi connectivity index (χ0) is 13.5. The minimum absolute atomic E-state index is 0.0996. The summed E-state index contributed by atoms with van der Waals surface area (Å²) in [5.41, 5.74) is -0.486. The Hall–Kier alpha value is -0.710. The average molecular weight is 261 g/mol. The number of hydrogen-bond donors (Lipinski definition) is 1. The Kier molecular flexibility index (Phi) is 7.27. The Balaban J connectivity index is 3.81. The van der Waals surface area contributed by atoms with E-state index in [2.05, 4.69) is 5.32 Å². The fourth-order valence-corrected chi connectivity index (χ4v) is 1.83. The number of amides is 1. The van der Waals surface area contributed by atoms with Crippen molar-refractivity contribution in [1.82, 2.24) is 5.32 Å². The first-order chi connectivity index (χ1) is 7.74. The predicted octanol–water partition coefficient (Wildman–Crippen LogP) is 1.98. The van der Waals surface area contributed by atoms with Crippen molar-refractivity contribution >= 4 is 23.6 Å². The van der Waals surface area contributed by atoms with Crippen LogP contribution in [0.3, 0.4) is 0 Å². The van der Waals surface area contributed by atoms with Gasteiger partial charge in [0.15, 0.2) is 0 Å². The lowest BCUT2D eigenvalue weighted by molar-refractivity contribution is -0.155. The molecule has 1 unspecified atom stereocenters.